The minimum Gasteiger partial charge on any atom is -0.350 e. The number of carbonyl (C=O) groups is 3. The lowest BCUT2D eigenvalue weighted by Crippen LogP contribution is -2.40. The van der Waals surface area contributed by atoms with Gasteiger partial charge in [0.25, 0.3) is 11.8 Å². The molecule has 1 aliphatic heterocycles. The molecule has 116 valence electrons. The van der Waals surface area contributed by atoms with E-state index in [1.165, 1.54) is 0 Å². The minimum atomic E-state index is -0.420. The summed E-state index contributed by atoms with van der Waals surface area (Å²) in [7, 11) is 0. The van der Waals surface area contributed by atoms with E-state index in [0.717, 1.165) is 16.0 Å². The second-order valence-electron chi connectivity index (χ2n) is 5.51. The Morgan fingerprint density at radius 3 is 2.26 bits per heavy atom. The van der Waals surface area contributed by atoms with Crippen LogP contribution < -0.4 is 5.32 Å². The molecular weight excluding hydrogens is 292 g/mol. The van der Waals surface area contributed by atoms with Crippen molar-refractivity contribution in [1.82, 2.24) is 10.2 Å². The maximum absolute atomic E-state index is 12.2. The molecule has 0 radical (unpaired) electrons. The predicted octanol–water partition coefficient (Wildman–Crippen LogP) is 1.91. The van der Waals surface area contributed by atoms with Gasteiger partial charge in [0.05, 0.1) is 11.1 Å². The second-order valence-corrected chi connectivity index (χ2v) is 5.51. The van der Waals surface area contributed by atoms with Gasteiger partial charge in [-0.25, -0.2) is 0 Å². The average molecular weight is 308 g/mol. The molecule has 0 saturated heterocycles. The Morgan fingerprint density at radius 1 is 1.00 bits per heavy atom. The zero-order chi connectivity index (χ0) is 16.4. The zero-order valence-corrected chi connectivity index (χ0v) is 12.7. The van der Waals surface area contributed by atoms with E-state index >= 15 is 0 Å². The third-order valence-corrected chi connectivity index (χ3v) is 3.75. The summed E-state index contributed by atoms with van der Waals surface area (Å²) in [4.78, 5) is 37.4. The average Bonchev–Trinajstić information content (AvgIpc) is 2.79. The van der Waals surface area contributed by atoms with Crippen molar-refractivity contribution >= 4 is 17.7 Å². The number of fused-ring (bicyclic) bond motifs is 1. The number of hydrogen-bond donors (Lipinski definition) is 1. The van der Waals surface area contributed by atoms with Gasteiger partial charge < -0.3 is 5.32 Å². The second kappa shape index (κ2) is 6.04. The number of imide groups is 1. The number of nitrogens with one attached hydrogen (secondary N) is 1. The van der Waals surface area contributed by atoms with Gasteiger partial charge in [0.2, 0.25) is 5.91 Å². The lowest BCUT2D eigenvalue weighted by atomic mass is 10.1. The van der Waals surface area contributed by atoms with Gasteiger partial charge in [-0.15, -0.1) is 0 Å². The molecule has 1 N–H and O–H groups in total. The number of amides is 3. The van der Waals surface area contributed by atoms with Gasteiger partial charge in [0.1, 0.15) is 6.54 Å². The lowest BCUT2D eigenvalue weighted by Gasteiger charge is -2.13. The van der Waals surface area contributed by atoms with E-state index in [0.29, 0.717) is 17.7 Å². The minimum absolute atomic E-state index is 0.266. The summed E-state index contributed by atoms with van der Waals surface area (Å²) in [5.74, 6) is -1.20. The SMILES string of the molecule is Cc1cccc(CNC(=O)CN2C(=O)c3ccccc3C2=O)c1. The number of aryl methyl sites for hydroxylation is 1. The van der Waals surface area contributed by atoms with Gasteiger partial charge >= 0.3 is 0 Å². The highest BCUT2D eigenvalue weighted by atomic mass is 16.2. The van der Waals surface area contributed by atoms with Gasteiger partial charge in [-0.05, 0) is 24.6 Å². The summed E-state index contributed by atoms with van der Waals surface area (Å²) < 4.78 is 0. The highest BCUT2D eigenvalue weighted by molar-refractivity contribution is 6.22. The third kappa shape index (κ3) is 2.99. The van der Waals surface area contributed by atoms with Crippen molar-refractivity contribution in [3.63, 3.8) is 0 Å². The molecule has 0 fully saturated rings. The number of benzene rings is 2. The molecule has 0 unspecified atom stereocenters. The number of nitrogens with zero attached hydrogens (tertiary/aromatic N) is 1. The molecule has 1 aliphatic rings. The molecule has 5 heteroatoms. The van der Waals surface area contributed by atoms with Crippen molar-refractivity contribution in [2.45, 2.75) is 13.5 Å². The van der Waals surface area contributed by atoms with E-state index in [4.69, 9.17) is 0 Å². The molecule has 2 aromatic carbocycles. The fourth-order valence-corrected chi connectivity index (χ4v) is 2.60. The topological polar surface area (TPSA) is 66.5 Å². The molecule has 0 aliphatic carbocycles. The van der Waals surface area contributed by atoms with Gasteiger partial charge in [0.15, 0.2) is 0 Å². The van der Waals surface area contributed by atoms with Crippen LogP contribution in [0.2, 0.25) is 0 Å². The van der Waals surface area contributed by atoms with Gasteiger partial charge in [-0.1, -0.05) is 42.0 Å². The van der Waals surface area contributed by atoms with Crippen molar-refractivity contribution in [2.75, 3.05) is 6.54 Å². The standard InChI is InChI=1S/C18H16N2O3/c1-12-5-4-6-13(9-12)10-19-16(21)11-20-17(22)14-7-2-3-8-15(14)18(20)23/h2-9H,10-11H2,1H3,(H,19,21). The Bertz CT molecular complexity index is 763. The van der Waals surface area contributed by atoms with E-state index in [2.05, 4.69) is 5.32 Å². The third-order valence-electron chi connectivity index (χ3n) is 3.75. The van der Waals surface area contributed by atoms with Gasteiger partial charge in [0, 0.05) is 6.54 Å². The molecule has 23 heavy (non-hydrogen) atoms. The molecule has 5 nitrogen and oxygen atoms in total. The molecule has 0 spiro atoms. The summed E-state index contributed by atoms with van der Waals surface area (Å²) >= 11 is 0. The van der Waals surface area contributed by atoms with Gasteiger partial charge in [-0.2, -0.15) is 0 Å². The molecule has 0 atom stereocenters. The van der Waals surface area contributed by atoms with E-state index in [-0.39, 0.29) is 12.5 Å². The molecule has 3 rings (SSSR count). The molecule has 0 saturated carbocycles. The highest BCUT2D eigenvalue weighted by Gasteiger charge is 2.36. The van der Waals surface area contributed by atoms with Crippen molar-refractivity contribution in [2.24, 2.45) is 0 Å². The first-order valence-electron chi connectivity index (χ1n) is 7.34. The van der Waals surface area contributed by atoms with Crippen molar-refractivity contribution in [1.29, 1.82) is 0 Å². The molecular formula is C18H16N2O3. The first-order chi connectivity index (χ1) is 11.1. The summed E-state index contributed by atoms with van der Waals surface area (Å²) in [6.07, 6.45) is 0. The predicted molar refractivity (Wildman–Crippen MR) is 84.8 cm³/mol. The zero-order valence-electron chi connectivity index (χ0n) is 12.7. The Morgan fingerprint density at radius 2 is 1.65 bits per heavy atom. The van der Waals surface area contributed by atoms with Crippen molar-refractivity contribution in [3.05, 3.63) is 70.8 Å². The Balaban J connectivity index is 1.63. The summed E-state index contributed by atoms with van der Waals surface area (Å²) in [5.41, 5.74) is 2.78. The van der Waals surface area contributed by atoms with Crippen LogP contribution in [0.1, 0.15) is 31.8 Å². The first kappa shape index (κ1) is 15.0. The van der Waals surface area contributed by atoms with Crippen LogP contribution in [0.5, 0.6) is 0 Å². The van der Waals surface area contributed by atoms with E-state index < -0.39 is 11.8 Å². The van der Waals surface area contributed by atoms with Crippen molar-refractivity contribution in [3.8, 4) is 0 Å². The van der Waals surface area contributed by atoms with Crippen LogP contribution in [0.25, 0.3) is 0 Å². The summed E-state index contributed by atoms with van der Waals surface area (Å²) in [6, 6.07) is 14.4. The van der Waals surface area contributed by atoms with Crippen LogP contribution in [-0.4, -0.2) is 29.2 Å². The van der Waals surface area contributed by atoms with Crippen LogP contribution in [0, 0.1) is 6.92 Å². The van der Waals surface area contributed by atoms with E-state index in [9.17, 15) is 14.4 Å². The summed E-state index contributed by atoms with van der Waals surface area (Å²) in [6.45, 7) is 2.08. The fourth-order valence-electron chi connectivity index (χ4n) is 2.60. The van der Waals surface area contributed by atoms with Crippen molar-refractivity contribution < 1.29 is 14.4 Å². The number of hydrogen-bond acceptors (Lipinski definition) is 3. The van der Waals surface area contributed by atoms with Crippen LogP contribution in [-0.2, 0) is 11.3 Å². The fraction of sp³-hybridized carbons (Fsp3) is 0.167. The molecule has 3 amide bonds. The largest absolute Gasteiger partial charge is 0.350 e. The molecule has 0 aromatic heterocycles. The van der Waals surface area contributed by atoms with Crippen LogP contribution in [0.4, 0.5) is 0 Å². The maximum Gasteiger partial charge on any atom is 0.262 e. The summed E-state index contributed by atoms with van der Waals surface area (Å²) in [5, 5.41) is 2.74. The molecule has 2 aromatic rings. The maximum atomic E-state index is 12.2. The highest BCUT2D eigenvalue weighted by Crippen LogP contribution is 2.21. The monoisotopic (exact) mass is 308 g/mol. The molecule has 1 heterocycles. The Labute approximate surface area is 133 Å². The molecule has 0 bridgehead atoms. The van der Waals surface area contributed by atoms with E-state index in [1.54, 1.807) is 24.3 Å². The number of rotatable bonds is 4. The van der Waals surface area contributed by atoms with Gasteiger partial charge in [-0.3, -0.25) is 19.3 Å². The van der Waals surface area contributed by atoms with Crippen LogP contribution >= 0.6 is 0 Å². The van der Waals surface area contributed by atoms with E-state index in [1.807, 2.05) is 31.2 Å². The Kier molecular flexibility index (Phi) is 3.93. The van der Waals surface area contributed by atoms with Crippen LogP contribution in [0.3, 0.4) is 0 Å². The number of carbonyl (C=O) groups excluding carboxylic acids is 3. The lowest BCUT2D eigenvalue weighted by molar-refractivity contribution is -0.121. The Hall–Kier alpha value is -2.95. The first-order valence-corrected chi connectivity index (χ1v) is 7.34. The smallest absolute Gasteiger partial charge is 0.262 e. The normalized spacial score (nSPS) is 13.2. The quantitative estimate of drug-likeness (QED) is 0.877. The van der Waals surface area contributed by atoms with Crippen LogP contribution in [0.15, 0.2) is 48.5 Å².